The molecule has 1 aromatic rings. The molecule has 1 saturated heterocycles. The zero-order chi connectivity index (χ0) is 20.7. The summed E-state index contributed by atoms with van der Waals surface area (Å²) in [4.78, 5) is 2.72. The minimum atomic E-state index is -3.59. The van der Waals surface area contributed by atoms with E-state index in [1.165, 1.54) is 6.42 Å². The van der Waals surface area contributed by atoms with Crippen molar-refractivity contribution in [2.75, 3.05) is 53.2 Å². The van der Waals surface area contributed by atoms with Crippen LogP contribution in [0.1, 0.15) is 37.7 Å². The Morgan fingerprint density at radius 1 is 1.14 bits per heavy atom. The molecule has 29 heavy (non-hydrogen) atoms. The first-order chi connectivity index (χ1) is 14.0. The van der Waals surface area contributed by atoms with E-state index >= 15 is 0 Å². The third-order valence-corrected chi connectivity index (χ3v) is 7.46. The van der Waals surface area contributed by atoms with Gasteiger partial charge in [-0.25, -0.2) is 13.1 Å². The van der Waals surface area contributed by atoms with Crippen molar-refractivity contribution in [2.45, 2.75) is 49.5 Å². The van der Waals surface area contributed by atoms with Gasteiger partial charge in [0.05, 0.1) is 24.7 Å². The van der Waals surface area contributed by atoms with Gasteiger partial charge in [-0.3, -0.25) is 4.90 Å². The smallest absolute Gasteiger partial charge is 0.240 e. The predicted molar refractivity (Wildman–Crippen MR) is 112 cm³/mol. The van der Waals surface area contributed by atoms with Crippen LogP contribution in [0.15, 0.2) is 23.1 Å². The summed E-state index contributed by atoms with van der Waals surface area (Å²) in [5.41, 5.74) is 0.692. The summed E-state index contributed by atoms with van der Waals surface area (Å²) in [5.74, 6) is 0.679. The standard InChI is InChI=1S/C21H34N2O5S/c1-18-16-19(6-7-20(18)28-15-14-26-2)29(24,25)22-17-21(8-4-3-5-9-21)23-10-12-27-13-11-23/h6-7,16,22H,3-5,8-15,17H2,1-2H3. The first kappa shape index (κ1) is 22.5. The lowest BCUT2D eigenvalue weighted by molar-refractivity contribution is -0.0348. The van der Waals surface area contributed by atoms with E-state index in [2.05, 4.69) is 9.62 Å². The Morgan fingerprint density at radius 3 is 2.52 bits per heavy atom. The van der Waals surface area contributed by atoms with Crippen molar-refractivity contribution in [3.05, 3.63) is 23.8 Å². The van der Waals surface area contributed by atoms with Crippen molar-refractivity contribution in [1.29, 1.82) is 0 Å². The molecule has 2 fully saturated rings. The molecule has 0 spiro atoms. The highest BCUT2D eigenvalue weighted by Gasteiger charge is 2.39. The topological polar surface area (TPSA) is 77.1 Å². The van der Waals surface area contributed by atoms with E-state index in [9.17, 15) is 8.42 Å². The number of sulfonamides is 1. The molecule has 1 heterocycles. The monoisotopic (exact) mass is 426 g/mol. The van der Waals surface area contributed by atoms with Gasteiger partial charge < -0.3 is 14.2 Å². The summed E-state index contributed by atoms with van der Waals surface area (Å²) < 4.78 is 45.1. The normalized spacial score (nSPS) is 20.5. The Balaban J connectivity index is 1.69. The fraction of sp³-hybridized carbons (Fsp3) is 0.714. The van der Waals surface area contributed by atoms with Crippen molar-refractivity contribution in [3.8, 4) is 5.75 Å². The number of hydrogen-bond donors (Lipinski definition) is 1. The van der Waals surface area contributed by atoms with Crippen LogP contribution in [0.25, 0.3) is 0 Å². The van der Waals surface area contributed by atoms with Crippen LogP contribution in [-0.2, 0) is 19.5 Å². The Morgan fingerprint density at radius 2 is 1.86 bits per heavy atom. The average molecular weight is 427 g/mol. The molecule has 0 unspecified atom stereocenters. The summed E-state index contributed by atoms with van der Waals surface area (Å²) in [6.45, 7) is 6.41. The molecule has 7 nitrogen and oxygen atoms in total. The van der Waals surface area contributed by atoms with E-state index in [1.807, 2.05) is 6.92 Å². The number of aryl methyl sites for hydroxylation is 1. The number of nitrogens with zero attached hydrogens (tertiary/aromatic N) is 1. The minimum absolute atomic E-state index is 0.104. The van der Waals surface area contributed by atoms with E-state index in [0.717, 1.165) is 57.6 Å². The molecule has 1 aromatic carbocycles. The first-order valence-electron chi connectivity index (χ1n) is 10.5. The van der Waals surface area contributed by atoms with Gasteiger partial charge in [0.15, 0.2) is 0 Å². The highest BCUT2D eigenvalue weighted by molar-refractivity contribution is 7.89. The van der Waals surface area contributed by atoms with Gasteiger partial charge in [0.1, 0.15) is 12.4 Å². The molecule has 0 aromatic heterocycles. The van der Waals surface area contributed by atoms with Crippen LogP contribution in [0.2, 0.25) is 0 Å². The summed E-state index contributed by atoms with van der Waals surface area (Å²) in [7, 11) is -1.97. The van der Waals surface area contributed by atoms with Gasteiger partial charge in [0, 0.05) is 32.3 Å². The molecule has 164 valence electrons. The Labute approximate surface area is 174 Å². The van der Waals surface area contributed by atoms with E-state index < -0.39 is 10.0 Å². The van der Waals surface area contributed by atoms with E-state index in [4.69, 9.17) is 14.2 Å². The second-order valence-corrected chi connectivity index (χ2v) is 9.74. The van der Waals surface area contributed by atoms with Gasteiger partial charge in [0.25, 0.3) is 0 Å². The van der Waals surface area contributed by atoms with E-state index in [0.29, 0.717) is 25.5 Å². The van der Waals surface area contributed by atoms with E-state index in [-0.39, 0.29) is 10.4 Å². The van der Waals surface area contributed by atoms with Gasteiger partial charge in [0.2, 0.25) is 10.0 Å². The number of methoxy groups -OCH3 is 1. The quantitative estimate of drug-likeness (QED) is 0.611. The summed E-state index contributed by atoms with van der Waals surface area (Å²) in [6.07, 6.45) is 5.57. The molecule has 1 N–H and O–H groups in total. The predicted octanol–water partition coefficient (Wildman–Crippen LogP) is 2.33. The summed E-state index contributed by atoms with van der Waals surface area (Å²) >= 11 is 0. The third-order valence-electron chi connectivity index (χ3n) is 6.06. The molecule has 0 radical (unpaired) electrons. The Kier molecular flexibility index (Phi) is 7.92. The highest BCUT2D eigenvalue weighted by Crippen LogP contribution is 2.34. The molecule has 0 amide bonds. The molecule has 1 aliphatic heterocycles. The molecule has 8 heteroatoms. The maximum Gasteiger partial charge on any atom is 0.240 e. The number of rotatable bonds is 9. The molecular weight excluding hydrogens is 392 g/mol. The van der Waals surface area contributed by atoms with Crippen molar-refractivity contribution in [1.82, 2.24) is 9.62 Å². The van der Waals surface area contributed by atoms with Gasteiger partial charge in [-0.05, 0) is 43.5 Å². The molecule has 1 aliphatic carbocycles. The van der Waals surface area contributed by atoms with Crippen molar-refractivity contribution < 1.29 is 22.6 Å². The fourth-order valence-electron chi connectivity index (χ4n) is 4.35. The zero-order valence-electron chi connectivity index (χ0n) is 17.6. The van der Waals surface area contributed by atoms with Gasteiger partial charge in [-0.2, -0.15) is 0 Å². The molecule has 2 aliphatic rings. The van der Waals surface area contributed by atoms with Crippen LogP contribution >= 0.6 is 0 Å². The third kappa shape index (κ3) is 5.70. The Hall–Kier alpha value is -1.19. The first-order valence-corrected chi connectivity index (χ1v) is 12.0. The molecule has 0 bridgehead atoms. The largest absolute Gasteiger partial charge is 0.491 e. The highest BCUT2D eigenvalue weighted by atomic mass is 32.2. The van der Waals surface area contributed by atoms with Crippen LogP contribution in [-0.4, -0.2) is 72.0 Å². The van der Waals surface area contributed by atoms with Crippen LogP contribution in [0.4, 0.5) is 0 Å². The minimum Gasteiger partial charge on any atom is -0.491 e. The van der Waals surface area contributed by atoms with Crippen molar-refractivity contribution in [3.63, 3.8) is 0 Å². The van der Waals surface area contributed by atoms with Gasteiger partial charge in [-0.15, -0.1) is 0 Å². The van der Waals surface area contributed by atoms with Crippen LogP contribution in [0.3, 0.4) is 0 Å². The maximum atomic E-state index is 13.0. The van der Waals surface area contributed by atoms with Crippen molar-refractivity contribution in [2.24, 2.45) is 0 Å². The summed E-state index contributed by atoms with van der Waals surface area (Å²) in [6, 6.07) is 5.00. The average Bonchev–Trinajstić information content (AvgIpc) is 2.75. The summed E-state index contributed by atoms with van der Waals surface area (Å²) in [5, 5.41) is 0. The molecule has 3 rings (SSSR count). The lowest BCUT2D eigenvalue weighted by atomic mass is 9.80. The number of morpholine rings is 1. The van der Waals surface area contributed by atoms with Gasteiger partial charge >= 0.3 is 0 Å². The maximum absolute atomic E-state index is 13.0. The lowest BCUT2D eigenvalue weighted by Gasteiger charge is -2.48. The molecular formula is C21H34N2O5S. The van der Waals surface area contributed by atoms with Crippen LogP contribution in [0.5, 0.6) is 5.75 Å². The molecule has 1 saturated carbocycles. The number of ether oxygens (including phenoxy) is 3. The van der Waals surface area contributed by atoms with Crippen LogP contribution in [0, 0.1) is 6.92 Å². The van der Waals surface area contributed by atoms with Gasteiger partial charge in [-0.1, -0.05) is 19.3 Å². The Bertz CT molecular complexity index is 756. The number of nitrogens with one attached hydrogen (secondary N) is 1. The zero-order valence-corrected chi connectivity index (χ0v) is 18.4. The second-order valence-electron chi connectivity index (χ2n) is 7.98. The van der Waals surface area contributed by atoms with E-state index in [1.54, 1.807) is 25.3 Å². The SMILES string of the molecule is COCCOc1ccc(S(=O)(=O)NCC2(N3CCOCC3)CCCCC2)cc1C. The second kappa shape index (κ2) is 10.2. The molecule has 0 atom stereocenters. The van der Waals surface area contributed by atoms with Crippen LogP contribution < -0.4 is 9.46 Å². The lowest BCUT2D eigenvalue weighted by Crippen LogP contribution is -2.59. The van der Waals surface area contributed by atoms with Crippen molar-refractivity contribution >= 4 is 10.0 Å². The number of benzene rings is 1. The fourth-order valence-corrected chi connectivity index (χ4v) is 5.56. The number of hydrogen-bond acceptors (Lipinski definition) is 6.